The fraction of sp³-hybridized carbons (Fsp3) is 0.588. The van der Waals surface area contributed by atoms with E-state index in [1.165, 1.54) is 10.5 Å². The molecular formula is C34H49N3O5. The Bertz CT molecular complexity index is 1230. The molecule has 2 aliphatic heterocycles. The second kappa shape index (κ2) is 13.9. The summed E-state index contributed by atoms with van der Waals surface area (Å²) in [4.78, 5) is 27.6. The summed E-state index contributed by atoms with van der Waals surface area (Å²) in [7, 11) is 1.67. The number of fused-ring (bicyclic) bond motifs is 3. The van der Waals surface area contributed by atoms with Crippen molar-refractivity contribution in [3.63, 3.8) is 0 Å². The molecular weight excluding hydrogens is 530 g/mol. The summed E-state index contributed by atoms with van der Waals surface area (Å²) in [5, 5.41) is 18.2. The summed E-state index contributed by atoms with van der Waals surface area (Å²) >= 11 is 0. The molecule has 0 saturated carbocycles. The molecule has 2 aliphatic rings. The summed E-state index contributed by atoms with van der Waals surface area (Å²) in [6.07, 6.45) is 3.16. The molecule has 4 rings (SSSR count). The number of nitrogens with one attached hydrogen (secondary N) is 2. The molecule has 2 amide bonds. The third-order valence-corrected chi connectivity index (χ3v) is 8.53. The van der Waals surface area contributed by atoms with Crippen LogP contribution in [-0.4, -0.2) is 65.8 Å². The van der Waals surface area contributed by atoms with Crippen LogP contribution in [0.4, 0.5) is 0 Å². The van der Waals surface area contributed by atoms with Gasteiger partial charge in [0.2, 0.25) is 11.8 Å². The lowest BCUT2D eigenvalue weighted by Gasteiger charge is -2.39. The number of hydrogen-bond acceptors (Lipinski definition) is 6. The Labute approximate surface area is 251 Å². The van der Waals surface area contributed by atoms with Gasteiger partial charge in [-0.1, -0.05) is 38.1 Å². The van der Waals surface area contributed by atoms with E-state index in [0.29, 0.717) is 25.4 Å². The second-order valence-corrected chi connectivity index (χ2v) is 12.9. The number of aliphatic hydroxyl groups is 1. The Hall–Kier alpha value is -3.10. The number of aliphatic hydroxyl groups excluding tert-OH is 1. The monoisotopic (exact) mass is 579 g/mol. The van der Waals surface area contributed by atoms with E-state index in [2.05, 4.69) is 50.5 Å². The normalized spacial score (nSPS) is 24.3. The van der Waals surface area contributed by atoms with Gasteiger partial charge in [-0.3, -0.25) is 9.59 Å². The highest BCUT2D eigenvalue weighted by Gasteiger charge is 2.35. The zero-order valence-electron chi connectivity index (χ0n) is 26.1. The van der Waals surface area contributed by atoms with E-state index in [9.17, 15) is 14.7 Å². The van der Waals surface area contributed by atoms with Crippen LogP contribution in [0.2, 0.25) is 0 Å². The van der Waals surface area contributed by atoms with Crippen LogP contribution < -0.4 is 20.1 Å². The fourth-order valence-electron chi connectivity index (χ4n) is 5.74. The van der Waals surface area contributed by atoms with Crippen molar-refractivity contribution in [1.82, 2.24) is 15.5 Å². The van der Waals surface area contributed by atoms with Crippen molar-refractivity contribution in [2.45, 2.75) is 109 Å². The lowest BCUT2D eigenvalue weighted by molar-refractivity contribution is -0.139. The van der Waals surface area contributed by atoms with Gasteiger partial charge in [0.05, 0.1) is 18.8 Å². The third-order valence-electron chi connectivity index (χ3n) is 8.53. The first kappa shape index (κ1) is 31.8. The van der Waals surface area contributed by atoms with Crippen LogP contribution in [0.15, 0.2) is 42.5 Å². The molecule has 0 spiro atoms. The number of rotatable bonds is 5. The van der Waals surface area contributed by atoms with Crippen LogP contribution in [0.25, 0.3) is 0 Å². The van der Waals surface area contributed by atoms with E-state index >= 15 is 0 Å². The van der Waals surface area contributed by atoms with E-state index in [-0.39, 0.29) is 30.0 Å². The number of ether oxygens (including phenoxy) is 2. The van der Waals surface area contributed by atoms with Crippen LogP contribution in [0.5, 0.6) is 11.5 Å². The predicted octanol–water partition coefficient (Wildman–Crippen LogP) is 4.89. The minimum atomic E-state index is -0.881. The van der Waals surface area contributed by atoms with Crippen molar-refractivity contribution in [3.8, 4) is 11.5 Å². The first-order chi connectivity index (χ1) is 19.9. The summed E-state index contributed by atoms with van der Waals surface area (Å²) in [6, 6.07) is 13.0. The van der Waals surface area contributed by atoms with Gasteiger partial charge in [0.1, 0.15) is 23.1 Å². The summed E-state index contributed by atoms with van der Waals surface area (Å²) in [6.45, 7) is 11.1. The van der Waals surface area contributed by atoms with Gasteiger partial charge in [-0.2, -0.15) is 0 Å². The lowest BCUT2D eigenvalue weighted by Crippen LogP contribution is -2.54. The maximum Gasteiger partial charge on any atom is 0.242 e. The second-order valence-electron chi connectivity index (χ2n) is 12.9. The van der Waals surface area contributed by atoms with Crippen LogP contribution in [0.3, 0.4) is 0 Å². The Morgan fingerprint density at radius 1 is 1.12 bits per heavy atom. The predicted molar refractivity (Wildman–Crippen MR) is 165 cm³/mol. The van der Waals surface area contributed by atoms with Gasteiger partial charge in [0.25, 0.3) is 0 Å². The van der Waals surface area contributed by atoms with Crippen molar-refractivity contribution >= 4 is 11.8 Å². The molecule has 0 aliphatic carbocycles. The van der Waals surface area contributed by atoms with E-state index in [4.69, 9.17) is 9.47 Å². The number of hydrogen-bond donors (Lipinski definition) is 3. The zero-order valence-corrected chi connectivity index (χ0v) is 26.1. The standard InChI is InChI=1S/C34H49N3O5/c1-22(2)25-14-15-31-27(19-25)29(20-34(4,5)42-31)35-21-30(38)28-18-24-11-10-12-26(17-24)41-16-9-7-8-13-32(39)37(6)23(3)33(40)36-28/h10-12,14-15,17,19,22-23,28-30,35,38H,7-9,13,16,18,20-21H2,1-6H3,(H,36,40)/t23-,28-,29-,30+/m0/s1. The Morgan fingerprint density at radius 3 is 2.67 bits per heavy atom. The Morgan fingerprint density at radius 2 is 1.90 bits per heavy atom. The molecule has 2 bridgehead atoms. The Kier molecular flexibility index (Phi) is 10.5. The van der Waals surface area contributed by atoms with Crippen LogP contribution in [-0.2, 0) is 16.0 Å². The maximum absolute atomic E-state index is 13.4. The number of nitrogens with zero attached hydrogens (tertiary/aromatic N) is 1. The third kappa shape index (κ3) is 8.26. The summed E-state index contributed by atoms with van der Waals surface area (Å²) < 4.78 is 12.3. The summed E-state index contributed by atoms with van der Waals surface area (Å²) in [5.74, 6) is 1.67. The molecule has 2 aromatic carbocycles. The van der Waals surface area contributed by atoms with Gasteiger partial charge >= 0.3 is 0 Å². The highest BCUT2D eigenvalue weighted by atomic mass is 16.5. The first-order valence-corrected chi connectivity index (χ1v) is 15.5. The van der Waals surface area contributed by atoms with E-state index in [1.54, 1.807) is 14.0 Å². The molecule has 2 heterocycles. The average Bonchev–Trinajstić information content (AvgIpc) is 2.95. The minimum absolute atomic E-state index is 0.0154. The molecule has 0 aromatic heterocycles. The first-order valence-electron chi connectivity index (χ1n) is 15.5. The minimum Gasteiger partial charge on any atom is -0.494 e. The molecule has 230 valence electrons. The highest BCUT2D eigenvalue weighted by molar-refractivity contribution is 5.87. The number of carbonyl (C=O) groups is 2. The molecule has 0 unspecified atom stereocenters. The van der Waals surface area contributed by atoms with Gasteiger partial charge in [-0.25, -0.2) is 0 Å². The average molecular weight is 580 g/mol. The molecule has 8 heteroatoms. The Balaban J connectivity index is 1.55. The van der Waals surface area contributed by atoms with Gasteiger partial charge in [-0.15, -0.1) is 0 Å². The largest absolute Gasteiger partial charge is 0.494 e. The van der Waals surface area contributed by atoms with Crippen molar-refractivity contribution in [3.05, 3.63) is 59.2 Å². The highest BCUT2D eigenvalue weighted by Crippen LogP contribution is 2.40. The lowest BCUT2D eigenvalue weighted by atomic mass is 9.87. The molecule has 0 fully saturated rings. The molecule has 4 atom stereocenters. The molecule has 8 nitrogen and oxygen atoms in total. The van der Waals surface area contributed by atoms with E-state index in [0.717, 1.165) is 48.3 Å². The SMILES string of the molecule is CC(C)c1ccc2c(c1)[C@@H](NC[C@@H](O)[C@@H]1Cc3cccc(c3)OCCCCCC(=O)N(C)[C@@H](C)C(=O)N1)CC(C)(C)O2. The van der Waals surface area contributed by atoms with E-state index < -0.39 is 18.2 Å². The topological polar surface area (TPSA) is 100 Å². The van der Waals surface area contributed by atoms with Gasteiger partial charge in [-0.05, 0) is 81.7 Å². The van der Waals surface area contributed by atoms with Gasteiger partial charge in [0, 0.05) is 38.0 Å². The molecule has 42 heavy (non-hydrogen) atoms. The van der Waals surface area contributed by atoms with Crippen molar-refractivity contribution in [2.24, 2.45) is 0 Å². The fourth-order valence-corrected chi connectivity index (χ4v) is 5.74. The quantitative estimate of drug-likeness (QED) is 0.467. The summed E-state index contributed by atoms with van der Waals surface area (Å²) in [5.41, 5.74) is 2.93. The smallest absolute Gasteiger partial charge is 0.242 e. The molecule has 0 radical (unpaired) electrons. The maximum atomic E-state index is 13.4. The van der Waals surface area contributed by atoms with Gasteiger partial charge in [0.15, 0.2) is 0 Å². The molecule has 2 aromatic rings. The molecule has 0 saturated heterocycles. The van der Waals surface area contributed by atoms with Crippen molar-refractivity contribution in [2.75, 3.05) is 20.2 Å². The van der Waals surface area contributed by atoms with Crippen molar-refractivity contribution in [1.29, 1.82) is 0 Å². The van der Waals surface area contributed by atoms with Crippen LogP contribution in [0.1, 0.15) is 95.4 Å². The number of benzene rings is 2. The van der Waals surface area contributed by atoms with Crippen LogP contribution >= 0.6 is 0 Å². The van der Waals surface area contributed by atoms with Crippen molar-refractivity contribution < 1.29 is 24.2 Å². The molecule has 3 N–H and O–H groups in total. The van der Waals surface area contributed by atoms with E-state index in [1.807, 2.05) is 30.3 Å². The van der Waals surface area contributed by atoms with Gasteiger partial charge < -0.3 is 30.1 Å². The number of likely N-dealkylation sites (N-methyl/N-ethyl adjacent to an activating group) is 1. The van der Waals surface area contributed by atoms with Crippen LogP contribution in [0, 0.1) is 0 Å². The number of amides is 2. The zero-order chi connectivity index (χ0) is 30.4. The number of carbonyl (C=O) groups excluding carboxylic acids is 2.